The maximum absolute atomic E-state index is 12.3. The lowest BCUT2D eigenvalue weighted by molar-refractivity contribution is 0.102. The van der Waals surface area contributed by atoms with Gasteiger partial charge in [-0.25, -0.2) is 0 Å². The van der Waals surface area contributed by atoms with E-state index in [1.165, 1.54) is 11.0 Å². The summed E-state index contributed by atoms with van der Waals surface area (Å²) < 4.78 is 6.70. The van der Waals surface area contributed by atoms with Crippen molar-refractivity contribution in [3.8, 4) is 11.4 Å². The van der Waals surface area contributed by atoms with Crippen molar-refractivity contribution in [2.24, 2.45) is 0 Å². The Balaban J connectivity index is 1.91. The van der Waals surface area contributed by atoms with Crippen LogP contribution in [0.5, 0.6) is 5.75 Å². The Morgan fingerprint density at radius 1 is 1.23 bits per heavy atom. The molecule has 0 saturated carbocycles. The van der Waals surface area contributed by atoms with Crippen molar-refractivity contribution in [3.05, 3.63) is 54.6 Å². The fourth-order valence-corrected chi connectivity index (χ4v) is 1.92. The largest absolute Gasteiger partial charge is 0.494 e. The molecule has 110 valence electrons. The lowest BCUT2D eigenvalue weighted by Crippen LogP contribution is -2.13. The van der Waals surface area contributed by atoms with E-state index in [2.05, 4.69) is 25.8 Å². The van der Waals surface area contributed by atoms with E-state index < -0.39 is 0 Å². The van der Waals surface area contributed by atoms with Gasteiger partial charge < -0.3 is 10.1 Å². The van der Waals surface area contributed by atoms with Crippen LogP contribution in [0.25, 0.3) is 5.69 Å². The molecule has 1 aromatic carbocycles. The van der Waals surface area contributed by atoms with Gasteiger partial charge in [0.2, 0.25) is 0 Å². The molecule has 22 heavy (non-hydrogen) atoms. The summed E-state index contributed by atoms with van der Waals surface area (Å²) in [5.74, 6) is 0.316. The van der Waals surface area contributed by atoms with E-state index in [1.54, 1.807) is 49.8 Å². The fraction of sp³-hybridized carbons (Fsp3) is 0.0714. The average Bonchev–Trinajstić information content (AvgIpc) is 3.09. The molecule has 3 aromatic rings. The molecule has 0 radical (unpaired) electrons. The van der Waals surface area contributed by atoms with Crippen LogP contribution in [0.3, 0.4) is 0 Å². The summed E-state index contributed by atoms with van der Waals surface area (Å²) in [5.41, 5.74) is 1.71. The number of nitrogens with zero attached hydrogens (tertiary/aromatic N) is 5. The van der Waals surface area contributed by atoms with Gasteiger partial charge in [0.1, 0.15) is 17.8 Å². The summed E-state index contributed by atoms with van der Waals surface area (Å²) in [6.07, 6.45) is 4.65. The summed E-state index contributed by atoms with van der Waals surface area (Å²) in [6, 6.07) is 8.45. The summed E-state index contributed by atoms with van der Waals surface area (Å²) in [4.78, 5) is 16.2. The molecule has 1 amide bonds. The molecule has 1 N–H and O–H groups in total. The van der Waals surface area contributed by atoms with Gasteiger partial charge in [0.05, 0.1) is 7.11 Å². The first-order valence-electron chi connectivity index (χ1n) is 6.40. The van der Waals surface area contributed by atoms with Crippen LogP contribution in [0.2, 0.25) is 0 Å². The van der Waals surface area contributed by atoms with Crippen LogP contribution in [0.15, 0.2) is 49.1 Å². The topological polar surface area (TPSA) is 94.8 Å². The second kappa shape index (κ2) is 6.00. The minimum atomic E-state index is -0.247. The minimum Gasteiger partial charge on any atom is -0.494 e. The van der Waals surface area contributed by atoms with E-state index in [9.17, 15) is 4.79 Å². The number of hydrogen-bond donors (Lipinski definition) is 1. The van der Waals surface area contributed by atoms with E-state index in [4.69, 9.17) is 4.74 Å². The SMILES string of the molecule is COc1ccc(C(=O)Nc2ccncc2)cc1-n1cnnn1. The molecular formula is C14H12N6O2. The Morgan fingerprint density at radius 2 is 2.05 bits per heavy atom. The molecule has 0 aliphatic carbocycles. The predicted octanol–water partition coefficient (Wildman–Crippen LogP) is 1.32. The maximum atomic E-state index is 12.3. The minimum absolute atomic E-state index is 0.247. The van der Waals surface area contributed by atoms with Crippen molar-refractivity contribution in [2.45, 2.75) is 0 Å². The molecular weight excluding hydrogens is 284 g/mol. The van der Waals surface area contributed by atoms with Crippen LogP contribution in [0, 0.1) is 0 Å². The van der Waals surface area contributed by atoms with Crippen molar-refractivity contribution in [2.75, 3.05) is 12.4 Å². The van der Waals surface area contributed by atoms with Gasteiger partial charge in [0.25, 0.3) is 5.91 Å². The van der Waals surface area contributed by atoms with E-state index in [1.807, 2.05) is 0 Å². The standard InChI is InChI=1S/C14H12N6O2/c1-22-13-3-2-10(8-12(13)20-9-16-18-19-20)14(21)17-11-4-6-15-7-5-11/h2-9H,1H3,(H,15,17,21). The first-order chi connectivity index (χ1) is 10.8. The highest BCUT2D eigenvalue weighted by atomic mass is 16.5. The van der Waals surface area contributed by atoms with Gasteiger partial charge in [0.15, 0.2) is 0 Å². The molecule has 0 saturated heterocycles. The molecule has 0 aliphatic heterocycles. The number of benzene rings is 1. The third kappa shape index (κ3) is 2.75. The zero-order chi connectivity index (χ0) is 15.4. The smallest absolute Gasteiger partial charge is 0.255 e. The Labute approximate surface area is 125 Å². The summed E-state index contributed by atoms with van der Waals surface area (Å²) >= 11 is 0. The van der Waals surface area contributed by atoms with E-state index in [0.717, 1.165) is 0 Å². The van der Waals surface area contributed by atoms with Crippen LogP contribution in [0.4, 0.5) is 5.69 Å². The van der Waals surface area contributed by atoms with Crippen molar-refractivity contribution in [1.82, 2.24) is 25.2 Å². The van der Waals surface area contributed by atoms with Crippen LogP contribution in [0.1, 0.15) is 10.4 Å². The summed E-state index contributed by atoms with van der Waals surface area (Å²) in [7, 11) is 1.54. The van der Waals surface area contributed by atoms with Crippen molar-refractivity contribution >= 4 is 11.6 Å². The maximum Gasteiger partial charge on any atom is 0.255 e. The van der Waals surface area contributed by atoms with Gasteiger partial charge >= 0.3 is 0 Å². The van der Waals surface area contributed by atoms with Crippen LogP contribution >= 0.6 is 0 Å². The van der Waals surface area contributed by atoms with Crippen molar-refractivity contribution < 1.29 is 9.53 Å². The molecule has 0 unspecified atom stereocenters. The Bertz CT molecular complexity index is 773. The summed E-state index contributed by atoms with van der Waals surface area (Å²) in [6.45, 7) is 0. The number of ether oxygens (including phenoxy) is 1. The molecule has 0 spiro atoms. The third-order valence-corrected chi connectivity index (χ3v) is 2.98. The van der Waals surface area contributed by atoms with Crippen molar-refractivity contribution in [1.29, 1.82) is 0 Å². The average molecular weight is 296 g/mol. The molecule has 2 heterocycles. The van der Waals surface area contributed by atoms with Crippen LogP contribution in [-0.4, -0.2) is 38.2 Å². The monoisotopic (exact) mass is 296 g/mol. The third-order valence-electron chi connectivity index (χ3n) is 2.98. The Kier molecular flexibility index (Phi) is 3.73. The van der Waals surface area contributed by atoms with E-state index >= 15 is 0 Å². The Hall–Kier alpha value is -3.29. The number of methoxy groups -OCH3 is 1. The number of pyridine rings is 1. The highest BCUT2D eigenvalue weighted by Gasteiger charge is 2.12. The second-order valence-electron chi connectivity index (χ2n) is 4.33. The number of anilines is 1. The number of tetrazole rings is 1. The van der Waals surface area contributed by atoms with Gasteiger partial charge in [-0.3, -0.25) is 9.78 Å². The molecule has 0 atom stereocenters. The number of aromatic nitrogens is 5. The zero-order valence-corrected chi connectivity index (χ0v) is 11.7. The first kappa shape index (κ1) is 13.7. The number of carbonyl (C=O) groups excluding carboxylic acids is 1. The van der Waals surface area contributed by atoms with Gasteiger partial charge in [-0.05, 0) is 40.8 Å². The van der Waals surface area contributed by atoms with Gasteiger partial charge in [0, 0.05) is 23.6 Å². The predicted molar refractivity (Wildman–Crippen MR) is 77.9 cm³/mol. The molecule has 0 fully saturated rings. The van der Waals surface area contributed by atoms with Gasteiger partial charge in [-0.15, -0.1) is 5.10 Å². The molecule has 2 aromatic heterocycles. The number of rotatable bonds is 4. The van der Waals surface area contributed by atoms with E-state index in [-0.39, 0.29) is 5.91 Å². The zero-order valence-electron chi connectivity index (χ0n) is 11.7. The van der Waals surface area contributed by atoms with Gasteiger partial charge in [-0.2, -0.15) is 4.68 Å². The van der Waals surface area contributed by atoms with Crippen LogP contribution in [-0.2, 0) is 0 Å². The number of hydrogen-bond acceptors (Lipinski definition) is 6. The highest BCUT2D eigenvalue weighted by Crippen LogP contribution is 2.23. The fourth-order valence-electron chi connectivity index (χ4n) is 1.92. The summed E-state index contributed by atoms with van der Waals surface area (Å²) in [5, 5.41) is 13.8. The van der Waals surface area contributed by atoms with E-state index in [0.29, 0.717) is 22.7 Å². The second-order valence-corrected chi connectivity index (χ2v) is 4.33. The number of nitrogens with one attached hydrogen (secondary N) is 1. The molecule has 0 bridgehead atoms. The molecule has 8 heteroatoms. The van der Waals surface area contributed by atoms with Crippen molar-refractivity contribution in [3.63, 3.8) is 0 Å². The molecule has 3 rings (SSSR count). The highest BCUT2D eigenvalue weighted by molar-refractivity contribution is 6.04. The first-order valence-corrected chi connectivity index (χ1v) is 6.40. The molecule has 0 aliphatic rings. The lowest BCUT2D eigenvalue weighted by Gasteiger charge is -2.10. The lowest BCUT2D eigenvalue weighted by atomic mass is 10.1. The van der Waals surface area contributed by atoms with Gasteiger partial charge in [-0.1, -0.05) is 0 Å². The van der Waals surface area contributed by atoms with Crippen LogP contribution < -0.4 is 10.1 Å². The normalized spacial score (nSPS) is 10.2. The quantitative estimate of drug-likeness (QED) is 0.780. The number of amides is 1. The number of carbonyl (C=O) groups is 1. The molecule has 8 nitrogen and oxygen atoms in total. The Morgan fingerprint density at radius 3 is 2.73 bits per heavy atom.